The molecule has 0 aliphatic heterocycles. The van der Waals surface area contributed by atoms with Crippen molar-refractivity contribution in [2.45, 2.75) is 30.9 Å². The zero-order valence-corrected chi connectivity index (χ0v) is 12.4. The maximum atomic E-state index is 13.5. The summed E-state index contributed by atoms with van der Waals surface area (Å²) in [7, 11) is 0. The Bertz CT molecular complexity index is 590. The van der Waals surface area contributed by atoms with Crippen molar-refractivity contribution in [1.82, 2.24) is 9.97 Å². The van der Waals surface area contributed by atoms with E-state index in [1.54, 1.807) is 12.1 Å². The molecule has 19 heavy (non-hydrogen) atoms. The van der Waals surface area contributed by atoms with E-state index >= 15 is 0 Å². The molecular weight excluding hydrogens is 283 g/mol. The standard InChI is InChI=1S/C14H14ClFN2S/c1-3-11-9(2)14(15)18-13(17-11)8-19-12-7-5-4-6-10(12)16/h4-7H,3,8H2,1-2H3. The summed E-state index contributed by atoms with van der Waals surface area (Å²) in [6, 6.07) is 6.68. The van der Waals surface area contributed by atoms with E-state index in [0.29, 0.717) is 21.6 Å². The lowest BCUT2D eigenvalue weighted by atomic mass is 10.2. The van der Waals surface area contributed by atoms with E-state index < -0.39 is 0 Å². The molecule has 0 radical (unpaired) electrons. The SMILES string of the molecule is CCc1nc(CSc2ccccc2F)nc(Cl)c1C. The van der Waals surface area contributed by atoms with Gasteiger partial charge in [-0.25, -0.2) is 14.4 Å². The van der Waals surface area contributed by atoms with E-state index in [0.717, 1.165) is 17.7 Å². The van der Waals surface area contributed by atoms with Crippen molar-refractivity contribution >= 4 is 23.4 Å². The van der Waals surface area contributed by atoms with E-state index in [2.05, 4.69) is 9.97 Å². The zero-order chi connectivity index (χ0) is 13.8. The van der Waals surface area contributed by atoms with Gasteiger partial charge in [0.25, 0.3) is 0 Å². The number of thioether (sulfide) groups is 1. The van der Waals surface area contributed by atoms with E-state index in [1.807, 2.05) is 19.9 Å². The molecule has 100 valence electrons. The van der Waals surface area contributed by atoms with Crippen molar-refractivity contribution in [1.29, 1.82) is 0 Å². The number of aromatic nitrogens is 2. The largest absolute Gasteiger partial charge is 0.237 e. The van der Waals surface area contributed by atoms with Gasteiger partial charge in [-0.05, 0) is 25.5 Å². The quantitative estimate of drug-likeness (QED) is 0.616. The van der Waals surface area contributed by atoms with Gasteiger partial charge in [0.1, 0.15) is 16.8 Å². The van der Waals surface area contributed by atoms with E-state index in [-0.39, 0.29) is 5.82 Å². The first-order valence-corrected chi connectivity index (χ1v) is 7.37. The average molecular weight is 297 g/mol. The third-order valence-corrected chi connectivity index (χ3v) is 4.17. The van der Waals surface area contributed by atoms with Gasteiger partial charge < -0.3 is 0 Å². The van der Waals surface area contributed by atoms with Crippen LogP contribution >= 0.6 is 23.4 Å². The summed E-state index contributed by atoms with van der Waals surface area (Å²) in [4.78, 5) is 9.29. The Morgan fingerprint density at radius 2 is 2.00 bits per heavy atom. The van der Waals surface area contributed by atoms with Gasteiger partial charge in [0.15, 0.2) is 0 Å². The van der Waals surface area contributed by atoms with Crippen LogP contribution in [0.4, 0.5) is 4.39 Å². The zero-order valence-electron chi connectivity index (χ0n) is 10.8. The Balaban J connectivity index is 2.16. The molecule has 5 heteroatoms. The van der Waals surface area contributed by atoms with E-state index in [1.165, 1.54) is 17.8 Å². The first kappa shape index (κ1) is 14.3. The Hall–Kier alpha value is -1.13. The summed E-state index contributed by atoms with van der Waals surface area (Å²) in [6.45, 7) is 3.94. The second-order valence-electron chi connectivity index (χ2n) is 4.07. The van der Waals surface area contributed by atoms with Crippen molar-refractivity contribution in [3.05, 3.63) is 52.3 Å². The minimum absolute atomic E-state index is 0.221. The predicted molar refractivity (Wildman–Crippen MR) is 77.1 cm³/mol. The van der Waals surface area contributed by atoms with Crippen LogP contribution in [0.5, 0.6) is 0 Å². The second kappa shape index (κ2) is 6.35. The molecular formula is C14H14ClFN2S. The van der Waals surface area contributed by atoms with Gasteiger partial charge >= 0.3 is 0 Å². The summed E-state index contributed by atoms with van der Waals surface area (Å²) >= 11 is 7.45. The third kappa shape index (κ3) is 3.45. The maximum Gasteiger partial charge on any atom is 0.140 e. The van der Waals surface area contributed by atoms with E-state index in [4.69, 9.17) is 11.6 Å². The number of nitrogens with zero attached hydrogens (tertiary/aromatic N) is 2. The van der Waals surface area contributed by atoms with Crippen LogP contribution in [0.3, 0.4) is 0 Å². The van der Waals surface area contributed by atoms with Crippen LogP contribution in [-0.4, -0.2) is 9.97 Å². The second-order valence-corrected chi connectivity index (χ2v) is 5.45. The summed E-state index contributed by atoms with van der Waals surface area (Å²) < 4.78 is 13.5. The van der Waals surface area contributed by atoms with E-state index in [9.17, 15) is 4.39 Å². The highest BCUT2D eigenvalue weighted by Gasteiger charge is 2.09. The van der Waals surface area contributed by atoms with Crippen LogP contribution in [0.2, 0.25) is 5.15 Å². The molecule has 0 saturated heterocycles. The van der Waals surface area contributed by atoms with Crippen LogP contribution in [-0.2, 0) is 12.2 Å². The Morgan fingerprint density at radius 3 is 2.68 bits per heavy atom. The van der Waals surface area contributed by atoms with Crippen molar-refractivity contribution in [3.8, 4) is 0 Å². The van der Waals surface area contributed by atoms with Gasteiger partial charge in [-0.2, -0.15) is 0 Å². The minimum Gasteiger partial charge on any atom is -0.237 e. The van der Waals surface area contributed by atoms with Gasteiger partial charge in [-0.1, -0.05) is 30.7 Å². The van der Waals surface area contributed by atoms with Gasteiger partial charge in [-0.3, -0.25) is 0 Å². The summed E-state index contributed by atoms with van der Waals surface area (Å²) in [6.07, 6.45) is 0.811. The van der Waals surface area contributed by atoms with Gasteiger partial charge in [0, 0.05) is 16.2 Å². The maximum absolute atomic E-state index is 13.5. The monoisotopic (exact) mass is 296 g/mol. The summed E-state index contributed by atoms with van der Waals surface area (Å²) in [5.74, 6) is 0.927. The van der Waals surface area contributed by atoms with Crippen molar-refractivity contribution in [3.63, 3.8) is 0 Å². The summed E-state index contributed by atoms with van der Waals surface area (Å²) in [5, 5.41) is 0.482. The molecule has 0 saturated carbocycles. The first-order valence-electron chi connectivity index (χ1n) is 6.01. The fourth-order valence-electron chi connectivity index (χ4n) is 1.69. The Kier molecular flexibility index (Phi) is 4.77. The predicted octanol–water partition coefficient (Wildman–Crippen LogP) is 4.43. The fraction of sp³-hybridized carbons (Fsp3) is 0.286. The van der Waals surface area contributed by atoms with Gasteiger partial charge in [0.2, 0.25) is 0 Å². The molecule has 0 amide bonds. The molecule has 1 aromatic heterocycles. The molecule has 0 atom stereocenters. The smallest absolute Gasteiger partial charge is 0.140 e. The molecule has 0 fully saturated rings. The highest BCUT2D eigenvalue weighted by Crippen LogP contribution is 2.25. The first-order chi connectivity index (χ1) is 9.11. The highest BCUT2D eigenvalue weighted by atomic mass is 35.5. The molecule has 0 spiro atoms. The molecule has 1 heterocycles. The number of hydrogen-bond acceptors (Lipinski definition) is 3. The van der Waals surface area contributed by atoms with Crippen molar-refractivity contribution < 1.29 is 4.39 Å². The van der Waals surface area contributed by atoms with Crippen LogP contribution in [0.1, 0.15) is 24.0 Å². The van der Waals surface area contributed by atoms with Crippen LogP contribution in [0.25, 0.3) is 0 Å². The number of halogens is 2. The normalized spacial score (nSPS) is 10.7. The third-order valence-electron chi connectivity index (χ3n) is 2.76. The molecule has 0 aliphatic rings. The lowest BCUT2D eigenvalue weighted by molar-refractivity contribution is 0.602. The minimum atomic E-state index is -0.221. The number of rotatable bonds is 4. The molecule has 0 unspecified atom stereocenters. The molecule has 0 aliphatic carbocycles. The summed E-state index contributed by atoms with van der Waals surface area (Å²) in [5.41, 5.74) is 1.87. The van der Waals surface area contributed by atoms with Gasteiger partial charge in [-0.15, -0.1) is 11.8 Å². The Morgan fingerprint density at radius 1 is 1.26 bits per heavy atom. The molecule has 0 bridgehead atoms. The molecule has 2 nitrogen and oxygen atoms in total. The number of aryl methyl sites for hydroxylation is 1. The van der Waals surface area contributed by atoms with Crippen LogP contribution in [0.15, 0.2) is 29.2 Å². The number of hydrogen-bond donors (Lipinski definition) is 0. The highest BCUT2D eigenvalue weighted by molar-refractivity contribution is 7.98. The lowest BCUT2D eigenvalue weighted by Gasteiger charge is -2.07. The van der Waals surface area contributed by atoms with Crippen LogP contribution in [0, 0.1) is 12.7 Å². The number of benzene rings is 1. The molecule has 1 aromatic carbocycles. The van der Waals surface area contributed by atoms with Gasteiger partial charge in [0.05, 0.1) is 5.75 Å². The average Bonchev–Trinajstić information content (AvgIpc) is 2.41. The molecule has 0 N–H and O–H groups in total. The lowest BCUT2D eigenvalue weighted by Crippen LogP contribution is -2.01. The Labute approximate surface area is 121 Å². The van der Waals surface area contributed by atoms with Crippen LogP contribution < -0.4 is 0 Å². The topological polar surface area (TPSA) is 25.8 Å². The van der Waals surface area contributed by atoms with Crippen molar-refractivity contribution in [2.75, 3.05) is 0 Å². The molecule has 2 aromatic rings. The fourth-order valence-corrected chi connectivity index (χ4v) is 2.69. The van der Waals surface area contributed by atoms with Crippen molar-refractivity contribution in [2.24, 2.45) is 0 Å². The molecule has 2 rings (SSSR count).